The van der Waals surface area contributed by atoms with Crippen LogP contribution in [0.3, 0.4) is 0 Å². The van der Waals surface area contributed by atoms with E-state index >= 15 is 0 Å². The SMILES string of the molecule is CCS(=O)(=O)Cc1ccc(Oc2ccc(F)cc2F)c(C)c1. The van der Waals surface area contributed by atoms with Crippen molar-refractivity contribution < 1.29 is 21.9 Å². The average molecular weight is 326 g/mol. The van der Waals surface area contributed by atoms with E-state index < -0.39 is 21.5 Å². The van der Waals surface area contributed by atoms with Crippen LogP contribution >= 0.6 is 0 Å². The molecule has 0 bridgehead atoms. The number of sulfone groups is 1. The van der Waals surface area contributed by atoms with Crippen molar-refractivity contribution in [3.05, 3.63) is 59.2 Å². The highest BCUT2D eigenvalue weighted by molar-refractivity contribution is 7.90. The summed E-state index contributed by atoms with van der Waals surface area (Å²) in [5.41, 5.74) is 1.32. The zero-order valence-corrected chi connectivity index (χ0v) is 13.1. The van der Waals surface area contributed by atoms with Gasteiger partial charge in [-0.2, -0.15) is 0 Å². The molecule has 0 aliphatic carbocycles. The van der Waals surface area contributed by atoms with Gasteiger partial charge in [0.25, 0.3) is 0 Å². The van der Waals surface area contributed by atoms with Crippen LogP contribution in [0.1, 0.15) is 18.1 Å². The van der Waals surface area contributed by atoms with Gasteiger partial charge in [0, 0.05) is 11.8 Å². The number of rotatable bonds is 5. The van der Waals surface area contributed by atoms with Crippen LogP contribution in [0, 0.1) is 18.6 Å². The van der Waals surface area contributed by atoms with Crippen LogP contribution in [0.5, 0.6) is 11.5 Å². The van der Waals surface area contributed by atoms with Gasteiger partial charge in [-0.05, 0) is 36.2 Å². The summed E-state index contributed by atoms with van der Waals surface area (Å²) in [4.78, 5) is 0. The Morgan fingerprint density at radius 3 is 2.32 bits per heavy atom. The summed E-state index contributed by atoms with van der Waals surface area (Å²) in [6, 6.07) is 7.95. The molecule has 2 aromatic carbocycles. The van der Waals surface area contributed by atoms with Crippen LogP contribution in [0.4, 0.5) is 8.78 Å². The lowest BCUT2D eigenvalue weighted by Gasteiger charge is -2.11. The standard InChI is InChI=1S/C16H16F2O3S/c1-3-22(19,20)10-12-4-6-15(11(2)8-12)21-16-7-5-13(17)9-14(16)18/h4-9H,3,10H2,1-2H3. The molecule has 0 saturated heterocycles. The molecule has 3 nitrogen and oxygen atoms in total. The van der Waals surface area contributed by atoms with E-state index in [9.17, 15) is 17.2 Å². The molecule has 0 heterocycles. The van der Waals surface area contributed by atoms with E-state index in [0.717, 1.165) is 12.1 Å². The van der Waals surface area contributed by atoms with E-state index in [4.69, 9.17) is 4.74 Å². The molecule has 0 fully saturated rings. The van der Waals surface area contributed by atoms with E-state index in [1.807, 2.05) is 0 Å². The Balaban J connectivity index is 2.23. The molecular formula is C16H16F2O3S. The van der Waals surface area contributed by atoms with E-state index in [1.54, 1.807) is 32.0 Å². The summed E-state index contributed by atoms with van der Waals surface area (Å²) in [5, 5.41) is 0. The summed E-state index contributed by atoms with van der Waals surface area (Å²) in [7, 11) is -3.12. The maximum absolute atomic E-state index is 13.6. The van der Waals surface area contributed by atoms with E-state index in [1.165, 1.54) is 6.07 Å². The molecule has 2 aromatic rings. The largest absolute Gasteiger partial charge is 0.454 e. The predicted molar refractivity (Wildman–Crippen MR) is 80.8 cm³/mol. The van der Waals surface area contributed by atoms with Crippen molar-refractivity contribution in [2.75, 3.05) is 5.75 Å². The Hall–Kier alpha value is -1.95. The number of hydrogen-bond donors (Lipinski definition) is 0. The molecule has 0 aliphatic rings. The molecule has 118 valence electrons. The van der Waals surface area contributed by atoms with Gasteiger partial charge < -0.3 is 4.74 Å². The Morgan fingerprint density at radius 2 is 1.73 bits per heavy atom. The molecule has 0 unspecified atom stereocenters. The third-order valence-electron chi connectivity index (χ3n) is 3.18. The summed E-state index contributed by atoms with van der Waals surface area (Å²) < 4.78 is 55.1. The first-order chi connectivity index (χ1) is 10.3. The topological polar surface area (TPSA) is 43.4 Å². The van der Waals surface area contributed by atoms with Gasteiger partial charge in [-0.3, -0.25) is 0 Å². The smallest absolute Gasteiger partial charge is 0.168 e. The minimum Gasteiger partial charge on any atom is -0.454 e. The number of hydrogen-bond acceptors (Lipinski definition) is 3. The van der Waals surface area contributed by atoms with Crippen LogP contribution in [-0.2, 0) is 15.6 Å². The summed E-state index contributed by atoms with van der Waals surface area (Å²) in [5.74, 6) is -1.14. The Morgan fingerprint density at radius 1 is 1.05 bits per heavy atom. The molecule has 6 heteroatoms. The quantitative estimate of drug-likeness (QED) is 0.834. The molecule has 22 heavy (non-hydrogen) atoms. The highest BCUT2D eigenvalue weighted by Crippen LogP contribution is 2.28. The lowest BCUT2D eigenvalue weighted by Crippen LogP contribution is -2.06. The Labute approximate surface area is 128 Å². The molecule has 0 N–H and O–H groups in total. The molecule has 0 saturated carbocycles. The highest BCUT2D eigenvalue weighted by Gasteiger charge is 2.12. The number of halogens is 2. The Bertz CT molecular complexity index is 786. The van der Waals surface area contributed by atoms with E-state index in [-0.39, 0.29) is 17.3 Å². The van der Waals surface area contributed by atoms with Crippen molar-refractivity contribution in [2.45, 2.75) is 19.6 Å². The van der Waals surface area contributed by atoms with Gasteiger partial charge >= 0.3 is 0 Å². The highest BCUT2D eigenvalue weighted by atomic mass is 32.2. The third kappa shape index (κ3) is 4.04. The van der Waals surface area contributed by atoms with Gasteiger partial charge in [-0.25, -0.2) is 17.2 Å². The fraction of sp³-hybridized carbons (Fsp3) is 0.250. The predicted octanol–water partition coefficient (Wildman–Crippen LogP) is 4.00. The van der Waals surface area contributed by atoms with Gasteiger partial charge in [0.15, 0.2) is 21.4 Å². The second kappa shape index (κ2) is 6.44. The van der Waals surface area contributed by atoms with Crippen LogP contribution in [0.15, 0.2) is 36.4 Å². The first-order valence-electron chi connectivity index (χ1n) is 6.73. The van der Waals surface area contributed by atoms with E-state index in [0.29, 0.717) is 16.9 Å². The Kier molecular flexibility index (Phi) is 4.81. The minimum absolute atomic E-state index is 0.0461. The average Bonchev–Trinajstić information content (AvgIpc) is 2.44. The van der Waals surface area contributed by atoms with Gasteiger partial charge in [0.05, 0.1) is 5.75 Å². The molecule has 2 rings (SSSR count). The number of benzene rings is 2. The molecular weight excluding hydrogens is 310 g/mol. The second-order valence-corrected chi connectivity index (χ2v) is 7.31. The maximum Gasteiger partial charge on any atom is 0.168 e. The van der Waals surface area contributed by atoms with Crippen molar-refractivity contribution in [3.63, 3.8) is 0 Å². The monoisotopic (exact) mass is 326 g/mol. The third-order valence-corrected chi connectivity index (χ3v) is 4.83. The van der Waals surface area contributed by atoms with Crippen LogP contribution in [-0.4, -0.2) is 14.2 Å². The fourth-order valence-electron chi connectivity index (χ4n) is 1.95. The minimum atomic E-state index is -3.12. The lowest BCUT2D eigenvalue weighted by atomic mass is 10.1. The van der Waals surface area contributed by atoms with Gasteiger partial charge in [0.1, 0.15) is 11.6 Å². The van der Waals surface area contributed by atoms with Crippen LogP contribution in [0.2, 0.25) is 0 Å². The lowest BCUT2D eigenvalue weighted by molar-refractivity contribution is 0.435. The first-order valence-corrected chi connectivity index (χ1v) is 8.55. The molecule has 0 radical (unpaired) electrons. The van der Waals surface area contributed by atoms with Crippen molar-refractivity contribution in [1.29, 1.82) is 0 Å². The zero-order chi connectivity index (χ0) is 16.3. The molecule has 0 atom stereocenters. The van der Waals surface area contributed by atoms with Gasteiger partial charge in [0.2, 0.25) is 0 Å². The second-order valence-electron chi connectivity index (χ2n) is 4.95. The van der Waals surface area contributed by atoms with Crippen molar-refractivity contribution in [1.82, 2.24) is 0 Å². The van der Waals surface area contributed by atoms with Crippen molar-refractivity contribution in [3.8, 4) is 11.5 Å². The summed E-state index contributed by atoms with van der Waals surface area (Å²) in [6.45, 7) is 3.33. The van der Waals surface area contributed by atoms with Gasteiger partial charge in [-0.1, -0.05) is 19.1 Å². The molecule has 0 amide bonds. The number of aryl methyl sites for hydroxylation is 1. The van der Waals surface area contributed by atoms with Crippen LogP contribution < -0.4 is 4.74 Å². The van der Waals surface area contributed by atoms with E-state index in [2.05, 4.69) is 0 Å². The number of ether oxygens (including phenoxy) is 1. The normalized spacial score (nSPS) is 11.5. The van der Waals surface area contributed by atoms with Crippen molar-refractivity contribution >= 4 is 9.84 Å². The summed E-state index contributed by atoms with van der Waals surface area (Å²) in [6.07, 6.45) is 0. The molecule has 0 aliphatic heterocycles. The molecule has 0 aromatic heterocycles. The van der Waals surface area contributed by atoms with Gasteiger partial charge in [-0.15, -0.1) is 0 Å². The zero-order valence-electron chi connectivity index (χ0n) is 12.3. The first kappa shape index (κ1) is 16.4. The molecule has 0 spiro atoms. The van der Waals surface area contributed by atoms with Crippen molar-refractivity contribution in [2.24, 2.45) is 0 Å². The summed E-state index contributed by atoms with van der Waals surface area (Å²) >= 11 is 0. The van der Waals surface area contributed by atoms with Crippen LogP contribution in [0.25, 0.3) is 0 Å². The fourth-order valence-corrected chi connectivity index (χ4v) is 2.84. The maximum atomic E-state index is 13.6.